The first-order chi connectivity index (χ1) is 23.3. The molecule has 4 aromatic carbocycles. The molecule has 0 amide bonds. The Morgan fingerprint density at radius 3 is 2.45 bits per heavy atom. The van der Waals surface area contributed by atoms with Gasteiger partial charge in [-0.1, -0.05) is 73.9 Å². The van der Waals surface area contributed by atoms with Gasteiger partial charge in [-0.2, -0.15) is 0 Å². The Kier molecular flexibility index (Phi) is 5.85. The van der Waals surface area contributed by atoms with Crippen LogP contribution in [-0.2, 0) is 0 Å². The van der Waals surface area contributed by atoms with Gasteiger partial charge in [0.1, 0.15) is 17.7 Å². The van der Waals surface area contributed by atoms with Crippen molar-refractivity contribution in [3.8, 4) is 22.8 Å². The van der Waals surface area contributed by atoms with E-state index in [1.54, 1.807) is 0 Å². The molecule has 226 valence electrons. The van der Waals surface area contributed by atoms with Crippen LogP contribution >= 0.6 is 0 Å². The molecule has 0 radical (unpaired) electrons. The number of furan rings is 1. The molecule has 6 heteroatoms. The predicted octanol–water partition coefficient (Wildman–Crippen LogP) is 10.5. The highest BCUT2D eigenvalue weighted by atomic mass is 16.3. The van der Waals surface area contributed by atoms with E-state index in [0.29, 0.717) is 11.6 Å². The summed E-state index contributed by atoms with van der Waals surface area (Å²) in [5.74, 6) is 1.49. The summed E-state index contributed by atoms with van der Waals surface area (Å²) < 4.78 is 11.0. The lowest BCUT2D eigenvalue weighted by molar-refractivity contribution is 0.442. The van der Waals surface area contributed by atoms with Crippen molar-refractivity contribution in [2.75, 3.05) is 0 Å². The third-order valence-electron chi connectivity index (χ3n) is 10.1. The van der Waals surface area contributed by atoms with Crippen LogP contribution in [0.25, 0.3) is 77.7 Å². The number of imidazole rings is 1. The molecule has 5 heterocycles. The molecule has 0 atom stereocenters. The van der Waals surface area contributed by atoms with Crippen molar-refractivity contribution in [2.45, 2.75) is 38.0 Å². The summed E-state index contributed by atoms with van der Waals surface area (Å²) in [5, 5.41) is 4.42. The number of hydrogen-bond donors (Lipinski definition) is 0. The van der Waals surface area contributed by atoms with Crippen molar-refractivity contribution in [3.63, 3.8) is 0 Å². The van der Waals surface area contributed by atoms with Gasteiger partial charge in [-0.05, 0) is 78.9 Å². The van der Waals surface area contributed by atoms with Crippen molar-refractivity contribution >= 4 is 54.9 Å². The van der Waals surface area contributed by atoms with Crippen molar-refractivity contribution in [1.29, 1.82) is 0 Å². The summed E-state index contributed by atoms with van der Waals surface area (Å²) in [6.07, 6.45) is 10.1. The molecule has 5 aromatic heterocycles. The predicted molar refractivity (Wildman–Crippen MR) is 190 cm³/mol. The summed E-state index contributed by atoms with van der Waals surface area (Å²) in [6, 6.07) is 38.4. The van der Waals surface area contributed by atoms with E-state index in [9.17, 15) is 0 Å². The Morgan fingerprint density at radius 2 is 1.53 bits per heavy atom. The number of pyridine rings is 2. The van der Waals surface area contributed by atoms with Crippen LogP contribution in [0.2, 0.25) is 0 Å². The van der Waals surface area contributed by atoms with Crippen LogP contribution in [0.4, 0.5) is 0 Å². The summed E-state index contributed by atoms with van der Waals surface area (Å²) in [5.41, 5.74) is 10.0. The molecule has 0 saturated heterocycles. The van der Waals surface area contributed by atoms with E-state index in [1.165, 1.54) is 48.6 Å². The van der Waals surface area contributed by atoms with Crippen LogP contribution in [0, 0.1) is 0 Å². The summed E-state index contributed by atoms with van der Waals surface area (Å²) >= 11 is 0. The minimum atomic E-state index is 0.522. The molecule has 1 aliphatic rings. The van der Waals surface area contributed by atoms with Crippen molar-refractivity contribution in [2.24, 2.45) is 0 Å². The van der Waals surface area contributed by atoms with E-state index < -0.39 is 0 Å². The Labute approximate surface area is 270 Å². The minimum Gasteiger partial charge on any atom is -0.438 e. The Bertz CT molecular complexity index is 2620. The minimum absolute atomic E-state index is 0.522. The highest BCUT2D eigenvalue weighted by Gasteiger charge is 2.23. The summed E-state index contributed by atoms with van der Waals surface area (Å²) in [7, 11) is 0. The molecule has 1 fully saturated rings. The zero-order valence-corrected chi connectivity index (χ0v) is 25.8. The van der Waals surface area contributed by atoms with Crippen molar-refractivity contribution in [1.82, 2.24) is 24.1 Å². The van der Waals surface area contributed by atoms with Gasteiger partial charge in [0.2, 0.25) is 5.71 Å². The smallest absolute Gasteiger partial charge is 0.227 e. The maximum atomic E-state index is 6.54. The second kappa shape index (κ2) is 10.4. The Balaban J connectivity index is 1.15. The molecular weight excluding hydrogens is 578 g/mol. The third-order valence-corrected chi connectivity index (χ3v) is 10.1. The van der Waals surface area contributed by atoms with E-state index in [2.05, 4.69) is 118 Å². The van der Waals surface area contributed by atoms with Gasteiger partial charge in [0, 0.05) is 39.0 Å². The normalized spacial score (nSPS) is 14.3. The van der Waals surface area contributed by atoms with Gasteiger partial charge in [0.15, 0.2) is 0 Å². The third kappa shape index (κ3) is 4.07. The topological polar surface area (TPSA) is 61.7 Å². The van der Waals surface area contributed by atoms with Crippen LogP contribution in [0.3, 0.4) is 0 Å². The van der Waals surface area contributed by atoms with E-state index in [1.807, 2.05) is 12.5 Å². The molecule has 0 bridgehead atoms. The van der Waals surface area contributed by atoms with E-state index in [4.69, 9.17) is 19.4 Å². The number of aromatic nitrogens is 5. The molecule has 1 aliphatic carbocycles. The molecule has 0 aliphatic heterocycles. The van der Waals surface area contributed by atoms with Gasteiger partial charge < -0.3 is 8.98 Å². The SMILES string of the molecule is c1ccc(-n2c3ccccc3c3cc4oc5nc(-c6cccc7ncn(-c8ncccc8C8CCCCC8)c67)ccc5c4cc32)cc1. The monoisotopic (exact) mass is 609 g/mol. The highest BCUT2D eigenvalue weighted by Crippen LogP contribution is 2.40. The van der Waals surface area contributed by atoms with E-state index >= 15 is 0 Å². The lowest BCUT2D eigenvalue weighted by Crippen LogP contribution is -2.10. The number of para-hydroxylation sites is 3. The van der Waals surface area contributed by atoms with Gasteiger partial charge >= 0.3 is 0 Å². The zero-order valence-electron chi connectivity index (χ0n) is 25.8. The van der Waals surface area contributed by atoms with E-state index in [-0.39, 0.29) is 0 Å². The molecule has 0 N–H and O–H groups in total. The molecule has 6 nitrogen and oxygen atoms in total. The average Bonchev–Trinajstić information content (AvgIpc) is 3.82. The van der Waals surface area contributed by atoms with Crippen LogP contribution < -0.4 is 0 Å². The van der Waals surface area contributed by atoms with Gasteiger partial charge in [-0.3, -0.25) is 4.57 Å². The van der Waals surface area contributed by atoms with Crippen molar-refractivity contribution < 1.29 is 4.42 Å². The lowest BCUT2D eigenvalue weighted by atomic mass is 9.84. The first-order valence-corrected chi connectivity index (χ1v) is 16.6. The lowest BCUT2D eigenvalue weighted by Gasteiger charge is -2.24. The molecule has 1 saturated carbocycles. The second-order valence-corrected chi connectivity index (χ2v) is 12.7. The summed E-state index contributed by atoms with van der Waals surface area (Å²) in [4.78, 5) is 14.9. The first kappa shape index (κ1) is 26.5. The molecule has 0 spiro atoms. The van der Waals surface area contributed by atoms with Crippen LogP contribution in [0.5, 0.6) is 0 Å². The zero-order chi connectivity index (χ0) is 30.9. The van der Waals surface area contributed by atoms with Crippen molar-refractivity contribution in [3.05, 3.63) is 127 Å². The second-order valence-electron chi connectivity index (χ2n) is 12.7. The fraction of sp³-hybridized carbons (Fsp3) is 0.146. The van der Waals surface area contributed by atoms with Crippen LogP contribution in [0.1, 0.15) is 43.6 Å². The number of nitrogens with zero attached hydrogens (tertiary/aromatic N) is 5. The Hall–Kier alpha value is -5.75. The quantitative estimate of drug-likeness (QED) is 0.199. The number of rotatable bonds is 4. The Morgan fingerprint density at radius 1 is 0.660 bits per heavy atom. The fourth-order valence-corrected chi connectivity index (χ4v) is 7.90. The highest BCUT2D eigenvalue weighted by molar-refractivity contribution is 6.17. The molecular formula is C41H31N5O. The first-order valence-electron chi connectivity index (χ1n) is 16.6. The fourth-order valence-electron chi connectivity index (χ4n) is 7.90. The maximum absolute atomic E-state index is 6.54. The van der Waals surface area contributed by atoms with Crippen LogP contribution in [0.15, 0.2) is 126 Å². The number of hydrogen-bond acceptors (Lipinski definition) is 4. The van der Waals surface area contributed by atoms with Gasteiger partial charge in [-0.25, -0.2) is 15.0 Å². The van der Waals surface area contributed by atoms with Gasteiger partial charge in [0.25, 0.3) is 0 Å². The van der Waals surface area contributed by atoms with Gasteiger partial charge in [0.05, 0.1) is 27.8 Å². The molecule has 9 aromatic rings. The van der Waals surface area contributed by atoms with Gasteiger partial charge in [-0.15, -0.1) is 0 Å². The molecule has 10 rings (SSSR count). The number of benzene rings is 4. The molecule has 47 heavy (non-hydrogen) atoms. The summed E-state index contributed by atoms with van der Waals surface area (Å²) in [6.45, 7) is 0. The average molecular weight is 610 g/mol. The largest absolute Gasteiger partial charge is 0.438 e. The molecule has 0 unspecified atom stereocenters. The maximum Gasteiger partial charge on any atom is 0.227 e. The number of fused-ring (bicyclic) bond motifs is 7. The van der Waals surface area contributed by atoms with Crippen LogP contribution in [-0.4, -0.2) is 24.1 Å². The standard InChI is InChI=1S/C41H31N5O/c1-3-11-26(12-4-1)28-17-10-22-42-40(28)45-25-43-35-18-9-16-31(39(35)45)34-21-20-30-33-23-37-32(24-38(33)47-41(30)44-34)29-15-7-8-19-36(29)46(37)27-13-5-2-6-14-27/h2,5-10,13-26H,1,3-4,11-12H2. The van der Waals surface area contributed by atoms with E-state index in [0.717, 1.165) is 61.1 Å².